The molecule has 0 aliphatic carbocycles. The van der Waals surface area contributed by atoms with Crippen LogP contribution in [0.25, 0.3) is 22.4 Å². The maximum atomic E-state index is 13.8. The second kappa shape index (κ2) is 9.11. The van der Waals surface area contributed by atoms with E-state index in [1.807, 2.05) is 0 Å². The van der Waals surface area contributed by atoms with Gasteiger partial charge in [0.2, 0.25) is 5.78 Å². The number of allylic oxidation sites excluding steroid dienone is 1. The topological polar surface area (TPSA) is 106 Å². The number of hydrogen-bond acceptors (Lipinski definition) is 5. The molecule has 6 nitrogen and oxygen atoms in total. The number of nitrogens with zero attached hydrogens (tertiary/aromatic N) is 1. The molecule has 0 saturated heterocycles. The minimum absolute atomic E-state index is 0.0486. The SMILES string of the molecule is O=C(C(=C(O)c1cc(F)cc(F)c1)c1nc2ccccc2[nH]1)c1cccc([C@@H](O)CO)c1Cl. The van der Waals surface area contributed by atoms with Crippen molar-refractivity contribution in [3.63, 3.8) is 0 Å². The molecule has 0 bridgehead atoms. The lowest BCUT2D eigenvalue weighted by atomic mass is 9.96. The van der Waals surface area contributed by atoms with E-state index in [0.29, 0.717) is 17.1 Å². The number of halogens is 3. The number of aromatic nitrogens is 2. The van der Waals surface area contributed by atoms with Gasteiger partial charge < -0.3 is 20.3 Å². The summed E-state index contributed by atoms with van der Waals surface area (Å²) in [6.45, 7) is -0.628. The Balaban J connectivity index is 1.96. The van der Waals surface area contributed by atoms with Crippen molar-refractivity contribution in [2.24, 2.45) is 0 Å². The van der Waals surface area contributed by atoms with Gasteiger partial charge in [-0.15, -0.1) is 0 Å². The van der Waals surface area contributed by atoms with Gasteiger partial charge in [0.25, 0.3) is 0 Å². The molecular weight excluding hydrogens is 454 g/mol. The van der Waals surface area contributed by atoms with E-state index in [-0.39, 0.29) is 33.1 Å². The lowest BCUT2D eigenvalue weighted by Crippen LogP contribution is -2.11. The number of benzene rings is 3. The molecule has 1 heterocycles. The smallest absolute Gasteiger partial charge is 0.202 e. The summed E-state index contributed by atoms with van der Waals surface area (Å²) in [6.07, 6.45) is -1.34. The maximum Gasteiger partial charge on any atom is 0.202 e. The average Bonchev–Trinajstić information content (AvgIpc) is 3.21. The first kappa shape index (κ1) is 22.6. The van der Waals surface area contributed by atoms with Crippen LogP contribution in [0.4, 0.5) is 8.78 Å². The molecule has 4 rings (SSSR count). The molecule has 4 aromatic rings. The van der Waals surface area contributed by atoms with E-state index in [4.69, 9.17) is 11.6 Å². The number of aliphatic hydroxyl groups is 3. The van der Waals surface area contributed by atoms with Crippen LogP contribution in [-0.2, 0) is 0 Å². The van der Waals surface area contributed by atoms with Crippen LogP contribution in [0.3, 0.4) is 0 Å². The van der Waals surface area contributed by atoms with Crippen molar-refractivity contribution in [2.75, 3.05) is 6.61 Å². The first-order valence-corrected chi connectivity index (χ1v) is 10.1. The molecule has 33 heavy (non-hydrogen) atoms. The van der Waals surface area contributed by atoms with Crippen LogP contribution in [0.5, 0.6) is 0 Å². The van der Waals surface area contributed by atoms with Gasteiger partial charge in [-0.2, -0.15) is 0 Å². The second-order valence-electron chi connectivity index (χ2n) is 7.22. The zero-order chi connectivity index (χ0) is 23.7. The van der Waals surface area contributed by atoms with Gasteiger partial charge >= 0.3 is 0 Å². The number of hydrogen-bond donors (Lipinski definition) is 4. The van der Waals surface area contributed by atoms with Crippen LogP contribution < -0.4 is 0 Å². The molecule has 1 aromatic heterocycles. The molecule has 0 radical (unpaired) electrons. The highest BCUT2D eigenvalue weighted by molar-refractivity contribution is 6.41. The summed E-state index contributed by atoms with van der Waals surface area (Å²) in [4.78, 5) is 20.9. The summed E-state index contributed by atoms with van der Waals surface area (Å²) in [6, 6.07) is 13.5. The van der Waals surface area contributed by atoms with Crippen molar-refractivity contribution in [2.45, 2.75) is 6.10 Å². The number of rotatable bonds is 6. The predicted molar refractivity (Wildman–Crippen MR) is 120 cm³/mol. The Labute approximate surface area is 191 Å². The van der Waals surface area contributed by atoms with Crippen LogP contribution in [0, 0.1) is 11.6 Å². The molecule has 4 N–H and O–H groups in total. The van der Waals surface area contributed by atoms with E-state index < -0.39 is 35.9 Å². The van der Waals surface area contributed by atoms with Gasteiger partial charge in [0.15, 0.2) is 0 Å². The Kier molecular flexibility index (Phi) is 6.24. The van der Waals surface area contributed by atoms with E-state index in [1.165, 1.54) is 18.2 Å². The highest BCUT2D eigenvalue weighted by Gasteiger charge is 2.27. The van der Waals surface area contributed by atoms with Crippen LogP contribution >= 0.6 is 11.6 Å². The van der Waals surface area contributed by atoms with Gasteiger partial charge in [-0.1, -0.05) is 35.9 Å². The Morgan fingerprint density at radius 1 is 1.06 bits per heavy atom. The Bertz CT molecular complexity index is 1350. The van der Waals surface area contributed by atoms with Crippen LogP contribution in [0.1, 0.15) is 33.4 Å². The molecule has 9 heteroatoms. The number of nitrogens with one attached hydrogen (secondary N) is 1. The Morgan fingerprint density at radius 2 is 1.76 bits per heavy atom. The van der Waals surface area contributed by atoms with Gasteiger partial charge in [0, 0.05) is 22.8 Å². The summed E-state index contributed by atoms with van der Waals surface area (Å²) in [5.41, 5.74) is 0.386. The van der Waals surface area contributed by atoms with Gasteiger partial charge in [0.05, 0.1) is 22.7 Å². The number of carbonyl (C=O) groups is 1. The molecule has 1 atom stereocenters. The van der Waals surface area contributed by atoms with Crippen molar-refractivity contribution in [3.05, 3.63) is 99.8 Å². The fraction of sp³-hybridized carbons (Fsp3) is 0.0833. The minimum atomic E-state index is -1.34. The third kappa shape index (κ3) is 4.36. The number of aliphatic hydroxyl groups excluding tert-OH is 3. The number of carbonyl (C=O) groups excluding carboxylic acids is 1. The average molecular weight is 471 g/mol. The zero-order valence-corrected chi connectivity index (χ0v) is 17.6. The third-order valence-corrected chi connectivity index (χ3v) is 5.45. The minimum Gasteiger partial charge on any atom is -0.506 e. The van der Waals surface area contributed by atoms with E-state index in [9.17, 15) is 28.9 Å². The number of imidazole rings is 1. The number of para-hydroxylation sites is 2. The molecule has 3 aromatic carbocycles. The summed E-state index contributed by atoms with van der Waals surface area (Å²) in [5.74, 6) is -3.47. The summed E-state index contributed by atoms with van der Waals surface area (Å²) in [7, 11) is 0. The maximum absolute atomic E-state index is 13.8. The van der Waals surface area contributed by atoms with Gasteiger partial charge in [0.1, 0.15) is 34.9 Å². The first-order valence-electron chi connectivity index (χ1n) is 9.77. The Hall–Kier alpha value is -3.59. The van der Waals surface area contributed by atoms with E-state index in [1.54, 1.807) is 24.3 Å². The summed E-state index contributed by atoms with van der Waals surface area (Å²) < 4.78 is 27.7. The van der Waals surface area contributed by atoms with Crippen LogP contribution in [-0.4, -0.2) is 37.7 Å². The molecule has 0 unspecified atom stereocenters. The van der Waals surface area contributed by atoms with Gasteiger partial charge in [-0.3, -0.25) is 4.79 Å². The third-order valence-electron chi connectivity index (χ3n) is 5.03. The van der Waals surface area contributed by atoms with Crippen molar-refractivity contribution in [1.82, 2.24) is 9.97 Å². The Morgan fingerprint density at radius 3 is 2.42 bits per heavy atom. The van der Waals surface area contributed by atoms with Crippen molar-refractivity contribution in [3.8, 4) is 0 Å². The van der Waals surface area contributed by atoms with Crippen molar-refractivity contribution < 1.29 is 28.9 Å². The lowest BCUT2D eigenvalue weighted by Gasteiger charge is -2.14. The largest absolute Gasteiger partial charge is 0.506 e. The van der Waals surface area contributed by atoms with E-state index in [0.717, 1.165) is 12.1 Å². The van der Waals surface area contributed by atoms with Gasteiger partial charge in [-0.25, -0.2) is 13.8 Å². The standard InChI is InChI=1S/C24H17ClF2N2O4/c25-21-15(19(31)11-30)4-3-5-16(21)23(33)20(22(32)12-8-13(26)10-14(27)9-12)24-28-17-6-1-2-7-18(17)29-24/h1-10,19,30-32H,11H2,(H,28,29)/t19-/m0/s1. The molecule has 0 saturated carbocycles. The van der Waals surface area contributed by atoms with Crippen LogP contribution in [0.2, 0.25) is 5.02 Å². The second-order valence-corrected chi connectivity index (χ2v) is 7.60. The highest BCUT2D eigenvalue weighted by Crippen LogP contribution is 2.33. The highest BCUT2D eigenvalue weighted by atomic mass is 35.5. The van der Waals surface area contributed by atoms with Crippen molar-refractivity contribution in [1.29, 1.82) is 0 Å². The lowest BCUT2D eigenvalue weighted by molar-refractivity contribution is 0.0954. The quantitative estimate of drug-likeness (QED) is 0.183. The van der Waals surface area contributed by atoms with Crippen molar-refractivity contribution >= 4 is 39.7 Å². The molecule has 0 fully saturated rings. The number of H-pyrrole nitrogens is 1. The van der Waals surface area contributed by atoms with Gasteiger partial charge in [-0.05, 0) is 30.3 Å². The fourth-order valence-corrected chi connectivity index (χ4v) is 3.79. The normalized spacial score (nSPS) is 13.1. The van der Waals surface area contributed by atoms with E-state index >= 15 is 0 Å². The van der Waals surface area contributed by atoms with Crippen LogP contribution in [0.15, 0.2) is 60.7 Å². The number of fused-ring (bicyclic) bond motifs is 1. The predicted octanol–water partition coefficient (Wildman–Crippen LogP) is 4.83. The molecule has 0 aliphatic rings. The molecule has 0 amide bonds. The number of Topliss-reactive ketones (excluding diaryl/α,β-unsaturated/α-hetero) is 1. The molecular formula is C24H17ClF2N2O4. The number of aromatic amines is 1. The molecule has 168 valence electrons. The monoisotopic (exact) mass is 470 g/mol. The zero-order valence-electron chi connectivity index (χ0n) is 16.9. The summed E-state index contributed by atoms with van der Waals surface area (Å²) in [5, 5.41) is 30.1. The first-order chi connectivity index (χ1) is 15.8. The molecule has 0 spiro atoms. The summed E-state index contributed by atoms with van der Waals surface area (Å²) >= 11 is 6.34. The molecule has 0 aliphatic heterocycles. The van der Waals surface area contributed by atoms with E-state index in [2.05, 4.69) is 9.97 Å². The number of ketones is 1. The fourth-order valence-electron chi connectivity index (χ4n) is 3.45.